The Morgan fingerprint density at radius 2 is 1.71 bits per heavy atom. The maximum atomic E-state index is 13.1. The highest BCUT2D eigenvalue weighted by Crippen LogP contribution is 2.29. The molecule has 1 aliphatic heterocycles. The minimum absolute atomic E-state index is 0.134. The molecule has 3 aromatic rings. The fraction of sp³-hybridized carbons (Fsp3) is 0.423. The molecule has 31 heavy (non-hydrogen) atoms. The summed E-state index contributed by atoms with van der Waals surface area (Å²) in [6.07, 6.45) is 8.12. The van der Waals surface area contributed by atoms with Gasteiger partial charge in [0.25, 0.3) is 0 Å². The maximum absolute atomic E-state index is 13.1. The van der Waals surface area contributed by atoms with Crippen molar-refractivity contribution in [1.29, 1.82) is 0 Å². The molecular weight excluding hydrogens is 389 g/mol. The third-order valence-electron chi connectivity index (χ3n) is 6.68. The van der Waals surface area contributed by atoms with E-state index >= 15 is 0 Å². The standard InChI is InChI=1S/C26H30FN3O/c27-22-5-2-19(3-6-22)9-13-29-14-11-24(12-15-29)30-16-10-21-4-1-20(17-25(21)30)18-26(31)28-23-7-8-23/h1-6,10,16-17,23-24H,7-9,11-15,18H2,(H,28,31). The van der Waals surface area contributed by atoms with Gasteiger partial charge in [-0.25, -0.2) is 4.39 Å². The lowest BCUT2D eigenvalue weighted by Crippen LogP contribution is -2.35. The zero-order valence-electron chi connectivity index (χ0n) is 17.9. The van der Waals surface area contributed by atoms with Crippen LogP contribution in [0.4, 0.5) is 4.39 Å². The minimum Gasteiger partial charge on any atom is -0.353 e. The van der Waals surface area contributed by atoms with E-state index in [9.17, 15) is 9.18 Å². The predicted molar refractivity (Wildman–Crippen MR) is 122 cm³/mol. The zero-order valence-corrected chi connectivity index (χ0v) is 17.9. The second kappa shape index (κ2) is 8.83. The molecule has 0 unspecified atom stereocenters. The minimum atomic E-state index is -0.171. The molecule has 1 aliphatic carbocycles. The molecular formula is C26H30FN3O. The van der Waals surface area contributed by atoms with Gasteiger partial charge in [0, 0.05) is 43.4 Å². The van der Waals surface area contributed by atoms with E-state index in [-0.39, 0.29) is 11.7 Å². The number of halogens is 1. The molecule has 2 aromatic carbocycles. The molecule has 5 rings (SSSR count). The number of piperidine rings is 1. The van der Waals surface area contributed by atoms with Crippen LogP contribution in [0, 0.1) is 5.82 Å². The summed E-state index contributed by atoms with van der Waals surface area (Å²) in [5.41, 5.74) is 3.52. The van der Waals surface area contributed by atoms with Crippen molar-refractivity contribution in [2.45, 2.75) is 50.6 Å². The summed E-state index contributed by atoms with van der Waals surface area (Å²) in [6.45, 7) is 3.18. The van der Waals surface area contributed by atoms with E-state index in [2.05, 4.69) is 45.2 Å². The molecule has 1 N–H and O–H groups in total. The van der Waals surface area contributed by atoms with Crippen LogP contribution in [0.2, 0.25) is 0 Å². The smallest absolute Gasteiger partial charge is 0.224 e. The number of likely N-dealkylation sites (tertiary alicyclic amines) is 1. The van der Waals surface area contributed by atoms with Crippen LogP contribution in [0.1, 0.15) is 42.9 Å². The summed E-state index contributed by atoms with van der Waals surface area (Å²) in [5.74, 6) is -0.0374. The summed E-state index contributed by atoms with van der Waals surface area (Å²) < 4.78 is 15.5. The fourth-order valence-electron chi connectivity index (χ4n) is 4.67. The number of carbonyl (C=O) groups excluding carboxylic acids is 1. The van der Waals surface area contributed by atoms with Crippen molar-refractivity contribution in [3.63, 3.8) is 0 Å². The van der Waals surface area contributed by atoms with E-state index in [1.165, 1.54) is 16.5 Å². The lowest BCUT2D eigenvalue weighted by Gasteiger charge is -2.33. The Morgan fingerprint density at radius 3 is 2.45 bits per heavy atom. The number of nitrogens with zero attached hydrogens (tertiary/aromatic N) is 2. The summed E-state index contributed by atoms with van der Waals surface area (Å²) in [5, 5.41) is 4.32. The third-order valence-corrected chi connectivity index (χ3v) is 6.68. The Balaban J connectivity index is 1.19. The molecule has 4 nitrogen and oxygen atoms in total. The molecule has 0 radical (unpaired) electrons. The van der Waals surface area contributed by atoms with E-state index in [1.807, 2.05) is 12.1 Å². The van der Waals surface area contributed by atoms with E-state index in [0.717, 1.165) is 57.3 Å². The first-order valence-electron chi connectivity index (χ1n) is 11.5. The van der Waals surface area contributed by atoms with Crippen molar-refractivity contribution in [3.8, 4) is 0 Å². The highest BCUT2D eigenvalue weighted by atomic mass is 19.1. The van der Waals surface area contributed by atoms with Gasteiger partial charge >= 0.3 is 0 Å². The van der Waals surface area contributed by atoms with E-state index in [4.69, 9.17) is 0 Å². The van der Waals surface area contributed by atoms with Gasteiger partial charge in [-0.2, -0.15) is 0 Å². The summed E-state index contributed by atoms with van der Waals surface area (Å²) >= 11 is 0. The van der Waals surface area contributed by atoms with Gasteiger partial charge in [-0.1, -0.05) is 24.3 Å². The van der Waals surface area contributed by atoms with Crippen LogP contribution in [0.3, 0.4) is 0 Å². The van der Waals surface area contributed by atoms with Gasteiger partial charge in [0.2, 0.25) is 5.91 Å². The molecule has 0 atom stereocenters. The molecule has 162 valence electrons. The molecule has 0 spiro atoms. The molecule has 0 bridgehead atoms. The molecule has 2 aliphatic rings. The fourth-order valence-corrected chi connectivity index (χ4v) is 4.67. The number of hydrogen-bond donors (Lipinski definition) is 1. The van der Waals surface area contributed by atoms with Crippen LogP contribution >= 0.6 is 0 Å². The number of benzene rings is 2. The Bertz CT molecular complexity index is 1050. The quantitative estimate of drug-likeness (QED) is 0.613. The van der Waals surface area contributed by atoms with Gasteiger partial charge in [-0.15, -0.1) is 0 Å². The molecule has 5 heteroatoms. The van der Waals surface area contributed by atoms with E-state index < -0.39 is 0 Å². The van der Waals surface area contributed by atoms with Crippen molar-refractivity contribution >= 4 is 16.8 Å². The van der Waals surface area contributed by atoms with Crippen LogP contribution in [0.5, 0.6) is 0 Å². The van der Waals surface area contributed by atoms with Gasteiger partial charge in [-0.05, 0) is 72.9 Å². The topological polar surface area (TPSA) is 37.3 Å². The Morgan fingerprint density at radius 1 is 0.968 bits per heavy atom. The average molecular weight is 420 g/mol. The summed E-state index contributed by atoms with van der Waals surface area (Å²) in [6, 6.07) is 16.4. The van der Waals surface area contributed by atoms with E-state index in [1.54, 1.807) is 12.1 Å². The summed E-state index contributed by atoms with van der Waals surface area (Å²) in [4.78, 5) is 14.7. The summed E-state index contributed by atoms with van der Waals surface area (Å²) in [7, 11) is 0. The zero-order chi connectivity index (χ0) is 21.2. The second-order valence-electron chi connectivity index (χ2n) is 9.08. The highest BCUT2D eigenvalue weighted by Gasteiger charge is 2.24. The number of fused-ring (bicyclic) bond motifs is 1. The number of nitrogens with one attached hydrogen (secondary N) is 1. The molecule has 1 saturated heterocycles. The van der Waals surface area contributed by atoms with Crippen LogP contribution in [0.25, 0.3) is 10.9 Å². The Labute approximate surface area is 183 Å². The number of hydrogen-bond acceptors (Lipinski definition) is 2. The molecule has 1 amide bonds. The number of amides is 1. The van der Waals surface area contributed by atoms with Crippen LogP contribution < -0.4 is 5.32 Å². The van der Waals surface area contributed by atoms with Crippen LogP contribution in [-0.2, 0) is 17.6 Å². The first-order valence-corrected chi connectivity index (χ1v) is 11.5. The highest BCUT2D eigenvalue weighted by molar-refractivity contribution is 5.84. The van der Waals surface area contributed by atoms with Crippen LogP contribution in [0.15, 0.2) is 54.7 Å². The molecule has 2 heterocycles. The number of rotatable bonds is 7. The first-order chi connectivity index (χ1) is 15.1. The van der Waals surface area contributed by atoms with Crippen molar-refractivity contribution in [3.05, 3.63) is 71.7 Å². The van der Waals surface area contributed by atoms with E-state index in [0.29, 0.717) is 18.5 Å². The second-order valence-corrected chi connectivity index (χ2v) is 9.08. The third kappa shape index (κ3) is 4.99. The van der Waals surface area contributed by atoms with Crippen molar-refractivity contribution in [2.75, 3.05) is 19.6 Å². The SMILES string of the molecule is O=C(Cc1ccc2ccn(C3CCN(CCc4ccc(F)cc4)CC3)c2c1)NC1CC1. The lowest BCUT2D eigenvalue weighted by molar-refractivity contribution is -0.120. The Kier molecular flexibility index (Phi) is 5.77. The van der Waals surface area contributed by atoms with Crippen molar-refractivity contribution < 1.29 is 9.18 Å². The van der Waals surface area contributed by atoms with Gasteiger partial charge in [0.05, 0.1) is 6.42 Å². The van der Waals surface area contributed by atoms with Gasteiger partial charge in [-0.3, -0.25) is 4.79 Å². The maximum Gasteiger partial charge on any atom is 0.224 e. The average Bonchev–Trinajstić information content (AvgIpc) is 3.49. The van der Waals surface area contributed by atoms with Crippen molar-refractivity contribution in [2.24, 2.45) is 0 Å². The van der Waals surface area contributed by atoms with Gasteiger partial charge < -0.3 is 14.8 Å². The van der Waals surface area contributed by atoms with Gasteiger partial charge in [0.15, 0.2) is 0 Å². The van der Waals surface area contributed by atoms with Crippen molar-refractivity contribution in [1.82, 2.24) is 14.8 Å². The normalized spacial score (nSPS) is 17.8. The molecule has 1 aromatic heterocycles. The molecule has 1 saturated carbocycles. The van der Waals surface area contributed by atoms with Gasteiger partial charge in [0.1, 0.15) is 5.82 Å². The number of carbonyl (C=O) groups is 1. The first kappa shape index (κ1) is 20.3. The predicted octanol–water partition coefficient (Wildman–Crippen LogP) is 4.48. The molecule has 2 fully saturated rings. The monoisotopic (exact) mass is 419 g/mol. The Hall–Kier alpha value is -2.66. The largest absolute Gasteiger partial charge is 0.353 e. The lowest BCUT2D eigenvalue weighted by atomic mass is 10.0. The number of aromatic nitrogens is 1. The van der Waals surface area contributed by atoms with Crippen LogP contribution in [-0.4, -0.2) is 41.1 Å².